The first kappa shape index (κ1) is 7.13. The zero-order valence-corrected chi connectivity index (χ0v) is 7.34. The Morgan fingerprint density at radius 2 is 2.00 bits per heavy atom. The van der Waals surface area contributed by atoms with Crippen LogP contribution in [0.2, 0.25) is 0 Å². The molecule has 66 valence electrons. The fourth-order valence-electron chi connectivity index (χ4n) is 2.40. The molecule has 0 bridgehead atoms. The molecule has 0 saturated heterocycles. The van der Waals surface area contributed by atoms with Crippen LogP contribution in [0.15, 0.2) is 24.3 Å². The molecule has 13 heavy (non-hydrogen) atoms. The van der Waals surface area contributed by atoms with Crippen molar-refractivity contribution in [1.29, 1.82) is 0 Å². The summed E-state index contributed by atoms with van der Waals surface area (Å²) in [7, 11) is 0. The number of fused-ring (bicyclic) bond motifs is 2. The number of carbonyl (C=O) groups excluding carboxylic acids is 1. The van der Waals surface area contributed by atoms with E-state index in [-0.39, 0.29) is 11.3 Å². The highest BCUT2D eigenvalue weighted by Crippen LogP contribution is 2.50. The molecule has 1 aromatic rings. The number of benzene rings is 1. The van der Waals surface area contributed by atoms with Crippen LogP contribution in [-0.4, -0.2) is 5.91 Å². The molecule has 2 aliphatic rings. The van der Waals surface area contributed by atoms with Gasteiger partial charge in [0.25, 0.3) is 0 Å². The summed E-state index contributed by atoms with van der Waals surface area (Å²) in [6, 6.07) is 8.04. The molecule has 1 saturated carbocycles. The quantitative estimate of drug-likeness (QED) is 0.639. The Morgan fingerprint density at radius 1 is 1.23 bits per heavy atom. The SMILES string of the molecule is O=C1Nc2ccccc2C12CCC2. The maximum Gasteiger partial charge on any atom is 0.235 e. The number of rotatable bonds is 0. The minimum atomic E-state index is -0.142. The van der Waals surface area contributed by atoms with Crippen LogP contribution in [0.5, 0.6) is 0 Å². The van der Waals surface area contributed by atoms with Crippen LogP contribution in [0, 0.1) is 0 Å². The number of amides is 1. The zero-order valence-electron chi connectivity index (χ0n) is 7.34. The second-order valence-corrected chi connectivity index (χ2v) is 3.94. The van der Waals surface area contributed by atoms with Crippen molar-refractivity contribution in [2.45, 2.75) is 24.7 Å². The van der Waals surface area contributed by atoms with Crippen molar-refractivity contribution in [2.24, 2.45) is 0 Å². The average Bonchev–Trinajstić information content (AvgIpc) is 2.35. The highest BCUT2D eigenvalue weighted by atomic mass is 16.2. The van der Waals surface area contributed by atoms with E-state index in [1.165, 1.54) is 12.0 Å². The van der Waals surface area contributed by atoms with Gasteiger partial charge in [-0.15, -0.1) is 0 Å². The topological polar surface area (TPSA) is 29.1 Å². The number of nitrogens with one attached hydrogen (secondary N) is 1. The summed E-state index contributed by atoms with van der Waals surface area (Å²) >= 11 is 0. The van der Waals surface area contributed by atoms with Gasteiger partial charge in [-0.05, 0) is 24.5 Å². The summed E-state index contributed by atoms with van der Waals surface area (Å²) in [5, 5.41) is 2.95. The van der Waals surface area contributed by atoms with Crippen LogP contribution < -0.4 is 5.32 Å². The fraction of sp³-hybridized carbons (Fsp3) is 0.364. The second kappa shape index (κ2) is 2.13. The van der Waals surface area contributed by atoms with E-state index in [0.29, 0.717) is 0 Å². The molecule has 3 rings (SSSR count). The predicted molar refractivity (Wildman–Crippen MR) is 50.6 cm³/mol. The number of hydrogen-bond donors (Lipinski definition) is 1. The molecule has 0 atom stereocenters. The van der Waals surface area contributed by atoms with E-state index in [1.54, 1.807) is 0 Å². The maximum atomic E-state index is 11.7. The van der Waals surface area contributed by atoms with Crippen molar-refractivity contribution < 1.29 is 4.79 Å². The predicted octanol–water partition coefficient (Wildman–Crippen LogP) is 2.06. The Labute approximate surface area is 77.0 Å². The maximum absolute atomic E-state index is 11.7. The Hall–Kier alpha value is -1.31. The van der Waals surface area contributed by atoms with E-state index in [1.807, 2.05) is 18.2 Å². The Bertz CT molecular complexity index is 379. The minimum absolute atomic E-state index is 0.142. The van der Waals surface area contributed by atoms with Gasteiger partial charge in [0.2, 0.25) is 5.91 Å². The molecule has 0 unspecified atom stereocenters. The molecule has 2 nitrogen and oxygen atoms in total. The van der Waals surface area contributed by atoms with E-state index in [2.05, 4.69) is 11.4 Å². The summed E-state index contributed by atoms with van der Waals surface area (Å²) in [4.78, 5) is 11.7. The summed E-state index contributed by atoms with van der Waals surface area (Å²) in [5.41, 5.74) is 2.09. The molecule has 1 aliphatic carbocycles. The van der Waals surface area contributed by atoms with Crippen LogP contribution in [0.1, 0.15) is 24.8 Å². The van der Waals surface area contributed by atoms with Crippen molar-refractivity contribution in [3.8, 4) is 0 Å². The molecule has 0 radical (unpaired) electrons. The van der Waals surface area contributed by atoms with Crippen molar-refractivity contribution in [2.75, 3.05) is 5.32 Å². The van der Waals surface area contributed by atoms with Gasteiger partial charge >= 0.3 is 0 Å². The summed E-state index contributed by atoms with van der Waals surface area (Å²) in [5.74, 6) is 0.208. The molecular formula is C11H11NO. The largest absolute Gasteiger partial charge is 0.325 e. The van der Waals surface area contributed by atoms with Crippen LogP contribution in [0.4, 0.5) is 5.69 Å². The minimum Gasteiger partial charge on any atom is -0.325 e. The molecule has 1 amide bonds. The first-order valence-electron chi connectivity index (χ1n) is 4.74. The molecule has 1 fully saturated rings. The van der Waals surface area contributed by atoms with E-state index >= 15 is 0 Å². The van der Waals surface area contributed by atoms with Gasteiger partial charge in [0.05, 0.1) is 5.41 Å². The van der Waals surface area contributed by atoms with Crippen LogP contribution in [-0.2, 0) is 10.2 Å². The first-order chi connectivity index (χ1) is 6.33. The highest BCUT2D eigenvalue weighted by Gasteiger charge is 2.50. The summed E-state index contributed by atoms with van der Waals surface area (Å²) in [6.07, 6.45) is 3.23. The lowest BCUT2D eigenvalue weighted by atomic mass is 9.65. The van der Waals surface area contributed by atoms with Crippen molar-refractivity contribution >= 4 is 11.6 Å². The lowest BCUT2D eigenvalue weighted by Gasteiger charge is -2.35. The van der Waals surface area contributed by atoms with Crippen LogP contribution in [0.25, 0.3) is 0 Å². The lowest BCUT2D eigenvalue weighted by molar-refractivity contribution is -0.123. The van der Waals surface area contributed by atoms with E-state index in [0.717, 1.165) is 18.5 Å². The first-order valence-corrected chi connectivity index (χ1v) is 4.74. The third-order valence-corrected chi connectivity index (χ3v) is 3.33. The van der Waals surface area contributed by atoms with E-state index in [9.17, 15) is 4.79 Å². The molecule has 1 spiro atoms. The molecule has 1 N–H and O–H groups in total. The lowest BCUT2D eigenvalue weighted by Crippen LogP contribution is -2.40. The van der Waals surface area contributed by atoms with Crippen molar-refractivity contribution in [3.05, 3.63) is 29.8 Å². The molecule has 1 aliphatic heterocycles. The Kier molecular flexibility index (Phi) is 1.17. The summed E-state index contributed by atoms with van der Waals surface area (Å²) in [6.45, 7) is 0. The second-order valence-electron chi connectivity index (χ2n) is 3.94. The van der Waals surface area contributed by atoms with Crippen LogP contribution >= 0.6 is 0 Å². The number of anilines is 1. The molecular weight excluding hydrogens is 162 g/mol. The van der Waals surface area contributed by atoms with Crippen molar-refractivity contribution in [1.82, 2.24) is 0 Å². The third-order valence-electron chi connectivity index (χ3n) is 3.33. The van der Waals surface area contributed by atoms with Gasteiger partial charge in [0.15, 0.2) is 0 Å². The van der Waals surface area contributed by atoms with E-state index < -0.39 is 0 Å². The van der Waals surface area contributed by atoms with Gasteiger partial charge in [-0.2, -0.15) is 0 Å². The molecule has 1 aromatic carbocycles. The zero-order chi connectivity index (χ0) is 8.89. The average molecular weight is 173 g/mol. The standard InChI is InChI=1S/C11H11NO/c13-10-11(6-3-7-11)8-4-1-2-5-9(8)12-10/h1-2,4-5H,3,6-7H2,(H,12,13). The van der Waals surface area contributed by atoms with Gasteiger partial charge in [-0.3, -0.25) is 4.79 Å². The third kappa shape index (κ3) is 0.711. The number of carbonyl (C=O) groups is 1. The van der Waals surface area contributed by atoms with Gasteiger partial charge in [0, 0.05) is 5.69 Å². The smallest absolute Gasteiger partial charge is 0.235 e. The highest BCUT2D eigenvalue weighted by molar-refractivity contribution is 6.06. The number of hydrogen-bond acceptors (Lipinski definition) is 1. The molecule has 0 aromatic heterocycles. The Morgan fingerprint density at radius 3 is 2.69 bits per heavy atom. The summed E-state index contributed by atoms with van der Waals surface area (Å²) < 4.78 is 0. The van der Waals surface area contributed by atoms with Gasteiger partial charge in [-0.25, -0.2) is 0 Å². The number of para-hydroxylation sites is 1. The van der Waals surface area contributed by atoms with Gasteiger partial charge < -0.3 is 5.32 Å². The van der Waals surface area contributed by atoms with Gasteiger partial charge in [0.1, 0.15) is 0 Å². The van der Waals surface area contributed by atoms with E-state index in [4.69, 9.17) is 0 Å². The monoisotopic (exact) mass is 173 g/mol. The molecule has 1 heterocycles. The molecule has 2 heteroatoms. The van der Waals surface area contributed by atoms with Crippen molar-refractivity contribution in [3.63, 3.8) is 0 Å². The van der Waals surface area contributed by atoms with Gasteiger partial charge in [-0.1, -0.05) is 24.6 Å². The van der Waals surface area contributed by atoms with Crippen LogP contribution in [0.3, 0.4) is 0 Å². The Balaban J connectivity index is 2.20. The fourth-order valence-corrected chi connectivity index (χ4v) is 2.40. The normalized spacial score (nSPS) is 22.3.